The number of rotatable bonds is 5. The molecule has 0 radical (unpaired) electrons. The number of hydrogen-bond acceptors (Lipinski definition) is 5. The van der Waals surface area contributed by atoms with Gasteiger partial charge < -0.3 is 15.8 Å². The molecule has 3 rings (SSSR count). The van der Waals surface area contributed by atoms with Crippen LogP contribution < -0.4 is 11.1 Å². The van der Waals surface area contributed by atoms with Gasteiger partial charge in [0.05, 0.1) is 11.3 Å². The van der Waals surface area contributed by atoms with Crippen LogP contribution >= 0.6 is 11.3 Å². The van der Waals surface area contributed by atoms with Crippen molar-refractivity contribution in [1.29, 1.82) is 0 Å². The van der Waals surface area contributed by atoms with Gasteiger partial charge in [0.25, 0.3) is 0 Å². The van der Waals surface area contributed by atoms with E-state index in [0.29, 0.717) is 16.9 Å². The number of nitrogens with two attached hydrogens (primary N) is 1. The summed E-state index contributed by atoms with van der Waals surface area (Å²) >= 11 is 1.50. The van der Waals surface area contributed by atoms with Crippen LogP contribution in [0.1, 0.15) is 21.6 Å². The molecule has 26 heavy (non-hydrogen) atoms. The minimum Gasteiger partial charge on any atom is -0.456 e. The number of anilines is 1. The average Bonchev–Trinajstić information content (AvgIpc) is 3.09. The Kier molecular flexibility index (Phi) is 5.28. The van der Waals surface area contributed by atoms with Crippen molar-refractivity contribution in [2.45, 2.75) is 13.5 Å². The van der Waals surface area contributed by atoms with Crippen molar-refractivity contribution >= 4 is 29.0 Å². The number of nitrogens with zero attached hydrogens (tertiary/aromatic N) is 1. The van der Waals surface area contributed by atoms with E-state index in [2.05, 4.69) is 10.3 Å². The molecule has 6 nitrogen and oxygen atoms in total. The lowest BCUT2D eigenvalue weighted by Gasteiger charge is -2.06. The molecule has 0 unspecified atom stereocenters. The molecule has 0 atom stereocenters. The van der Waals surface area contributed by atoms with Crippen molar-refractivity contribution < 1.29 is 14.3 Å². The number of ether oxygens (including phenoxy) is 1. The molecule has 1 aromatic heterocycles. The van der Waals surface area contributed by atoms with E-state index in [1.54, 1.807) is 18.2 Å². The third kappa shape index (κ3) is 4.46. The highest BCUT2D eigenvalue weighted by molar-refractivity contribution is 7.13. The van der Waals surface area contributed by atoms with Crippen LogP contribution in [-0.4, -0.2) is 17.0 Å². The second-order valence-corrected chi connectivity index (χ2v) is 6.51. The molecule has 0 spiro atoms. The Morgan fingerprint density at radius 3 is 2.69 bits per heavy atom. The van der Waals surface area contributed by atoms with E-state index < -0.39 is 12.0 Å². The zero-order chi connectivity index (χ0) is 18.5. The highest BCUT2D eigenvalue weighted by Gasteiger charge is 2.11. The monoisotopic (exact) mass is 367 g/mol. The quantitative estimate of drug-likeness (QED) is 0.667. The topological polar surface area (TPSA) is 94.3 Å². The van der Waals surface area contributed by atoms with E-state index in [-0.39, 0.29) is 6.61 Å². The number of nitrogens with one attached hydrogen (secondary N) is 1. The summed E-state index contributed by atoms with van der Waals surface area (Å²) in [5.41, 5.74) is 8.73. The van der Waals surface area contributed by atoms with E-state index >= 15 is 0 Å². The van der Waals surface area contributed by atoms with Gasteiger partial charge in [-0.05, 0) is 25.1 Å². The highest BCUT2D eigenvalue weighted by Crippen LogP contribution is 2.24. The van der Waals surface area contributed by atoms with Gasteiger partial charge in [0.15, 0.2) is 0 Å². The predicted molar refractivity (Wildman–Crippen MR) is 101 cm³/mol. The molecule has 2 amide bonds. The van der Waals surface area contributed by atoms with Crippen LogP contribution in [0.25, 0.3) is 10.6 Å². The number of esters is 1. The van der Waals surface area contributed by atoms with Gasteiger partial charge in [0, 0.05) is 16.6 Å². The molecule has 1 heterocycles. The molecule has 0 bridgehead atoms. The van der Waals surface area contributed by atoms with Crippen LogP contribution in [0.3, 0.4) is 0 Å². The Bertz CT molecular complexity index is 935. The molecular weight excluding hydrogens is 350 g/mol. The van der Waals surface area contributed by atoms with Crippen molar-refractivity contribution in [3.8, 4) is 10.6 Å². The Labute approximate surface area is 154 Å². The predicted octanol–water partition coefficient (Wildman–Crippen LogP) is 3.97. The van der Waals surface area contributed by atoms with Crippen LogP contribution in [0.4, 0.5) is 10.5 Å². The Balaban J connectivity index is 1.63. The highest BCUT2D eigenvalue weighted by atomic mass is 32.1. The summed E-state index contributed by atoms with van der Waals surface area (Å²) in [6.45, 7) is 2.11. The number of carbonyl (C=O) groups excluding carboxylic acids is 2. The number of thiazole rings is 1. The molecule has 132 valence electrons. The summed E-state index contributed by atoms with van der Waals surface area (Å²) in [5.74, 6) is -0.497. The third-order valence-corrected chi connectivity index (χ3v) is 4.51. The standard InChI is InChI=1S/C19H17N3O3S/c1-12-5-7-13(8-6-12)17-21-16(11-26-17)10-25-18(23)14-3-2-4-15(9-14)22-19(20)24/h2-9,11H,10H2,1H3,(H3,20,22,24). The molecular formula is C19H17N3O3S. The Morgan fingerprint density at radius 1 is 1.19 bits per heavy atom. The number of aromatic nitrogens is 1. The van der Waals surface area contributed by atoms with Gasteiger partial charge in [-0.2, -0.15) is 0 Å². The zero-order valence-corrected chi connectivity index (χ0v) is 14.9. The van der Waals surface area contributed by atoms with Crippen molar-refractivity contribution in [1.82, 2.24) is 4.98 Å². The number of urea groups is 1. The molecule has 0 aliphatic heterocycles. The molecule has 7 heteroatoms. The SMILES string of the molecule is Cc1ccc(-c2nc(COC(=O)c3cccc(NC(N)=O)c3)cs2)cc1. The van der Waals surface area contributed by atoms with Gasteiger partial charge in [-0.25, -0.2) is 14.6 Å². The Morgan fingerprint density at radius 2 is 1.96 bits per heavy atom. The molecule has 3 N–H and O–H groups in total. The van der Waals surface area contributed by atoms with Gasteiger partial charge in [0.2, 0.25) is 0 Å². The minimum atomic E-state index is -0.693. The fourth-order valence-electron chi connectivity index (χ4n) is 2.29. The molecule has 0 fully saturated rings. The van der Waals surface area contributed by atoms with E-state index in [4.69, 9.17) is 10.5 Å². The fourth-order valence-corrected chi connectivity index (χ4v) is 3.10. The first kappa shape index (κ1) is 17.6. The summed E-state index contributed by atoms with van der Waals surface area (Å²) in [5, 5.41) is 5.17. The lowest BCUT2D eigenvalue weighted by molar-refractivity contribution is 0.0468. The van der Waals surface area contributed by atoms with Gasteiger partial charge in [-0.3, -0.25) is 0 Å². The van der Waals surface area contributed by atoms with Crippen LogP contribution in [0.2, 0.25) is 0 Å². The van der Waals surface area contributed by atoms with Crippen LogP contribution in [0.5, 0.6) is 0 Å². The van der Waals surface area contributed by atoms with Gasteiger partial charge >= 0.3 is 12.0 Å². The van der Waals surface area contributed by atoms with Crippen molar-refractivity contribution in [3.63, 3.8) is 0 Å². The van der Waals surface area contributed by atoms with Crippen molar-refractivity contribution in [2.24, 2.45) is 5.73 Å². The fraction of sp³-hybridized carbons (Fsp3) is 0.105. The van der Waals surface area contributed by atoms with Gasteiger partial charge in [0.1, 0.15) is 11.6 Å². The smallest absolute Gasteiger partial charge is 0.338 e. The van der Waals surface area contributed by atoms with E-state index in [1.165, 1.54) is 23.0 Å². The summed E-state index contributed by atoms with van der Waals surface area (Å²) < 4.78 is 5.30. The maximum atomic E-state index is 12.2. The summed E-state index contributed by atoms with van der Waals surface area (Å²) in [6, 6.07) is 13.8. The number of primary amides is 1. The number of amides is 2. The van der Waals surface area contributed by atoms with Crippen LogP contribution in [0, 0.1) is 6.92 Å². The molecule has 0 aliphatic rings. The molecule has 2 aromatic carbocycles. The number of hydrogen-bond donors (Lipinski definition) is 2. The van der Waals surface area contributed by atoms with Gasteiger partial charge in [-0.15, -0.1) is 11.3 Å². The maximum Gasteiger partial charge on any atom is 0.338 e. The van der Waals surface area contributed by atoms with E-state index in [1.807, 2.05) is 36.6 Å². The van der Waals surface area contributed by atoms with Crippen molar-refractivity contribution in [2.75, 3.05) is 5.32 Å². The Hall–Kier alpha value is -3.19. The van der Waals surface area contributed by atoms with Crippen LogP contribution in [-0.2, 0) is 11.3 Å². The first-order valence-electron chi connectivity index (χ1n) is 7.86. The van der Waals surface area contributed by atoms with E-state index in [9.17, 15) is 9.59 Å². The summed E-state index contributed by atoms with van der Waals surface area (Å²) in [7, 11) is 0. The summed E-state index contributed by atoms with van der Waals surface area (Å²) in [6.07, 6.45) is 0. The first-order chi connectivity index (χ1) is 12.5. The second kappa shape index (κ2) is 7.79. The minimum absolute atomic E-state index is 0.0780. The average molecular weight is 367 g/mol. The molecule has 0 saturated heterocycles. The lowest BCUT2D eigenvalue weighted by Crippen LogP contribution is -2.19. The molecule has 0 saturated carbocycles. The van der Waals surface area contributed by atoms with E-state index in [0.717, 1.165) is 10.6 Å². The molecule has 3 aromatic rings. The van der Waals surface area contributed by atoms with Gasteiger partial charge in [-0.1, -0.05) is 35.9 Å². The largest absolute Gasteiger partial charge is 0.456 e. The molecule has 0 aliphatic carbocycles. The zero-order valence-electron chi connectivity index (χ0n) is 14.1. The first-order valence-corrected chi connectivity index (χ1v) is 8.74. The lowest BCUT2D eigenvalue weighted by atomic mass is 10.2. The summed E-state index contributed by atoms with van der Waals surface area (Å²) in [4.78, 5) is 27.6. The maximum absolute atomic E-state index is 12.2. The normalized spacial score (nSPS) is 10.3. The van der Waals surface area contributed by atoms with Crippen molar-refractivity contribution in [3.05, 3.63) is 70.7 Å². The number of aryl methyl sites for hydroxylation is 1. The number of carbonyl (C=O) groups is 2. The second-order valence-electron chi connectivity index (χ2n) is 5.66. The van der Waals surface area contributed by atoms with Crippen LogP contribution in [0.15, 0.2) is 53.9 Å². The third-order valence-electron chi connectivity index (χ3n) is 3.57. The number of benzene rings is 2.